The van der Waals surface area contributed by atoms with Crippen LogP contribution in [-0.2, 0) is 10.1 Å². The van der Waals surface area contributed by atoms with Crippen molar-refractivity contribution < 1.29 is 17.7 Å². The van der Waals surface area contributed by atoms with Gasteiger partial charge in [-0.3, -0.25) is 4.55 Å². The van der Waals surface area contributed by atoms with Gasteiger partial charge in [-0.2, -0.15) is 8.42 Å². The number of hydrogen-bond acceptors (Lipinski definition) is 5. The zero-order chi connectivity index (χ0) is 21.8. The molecule has 0 unspecified atom stereocenters. The van der Waals surface area contributed by atoms with Crippen LogP contribution in [0.25, 0.3) is 16.8 Å². The molecule has 162 valence electrons. The molecule has 0 atom stereocenters. The summed E-state index contributed by atoms with van der Waals surface area (Å²) < 4.78 is 33.7. The predicted molar refractivity (Wildman–Crippen MR) is 120 cm³/mol. The van der Waals surface area contributed by atoms with E-state index >= 15 is 0 Å². The highest BCUT2D eigenvalue weighted by atomic mass is 32.2. The maximum absolute atomic E-state index is 9.19. The van der Waals surface area contributed by atoms with Gasteiger partial charge in [0.15, 0.2) is 0 Å². The first-order chi connectivity index (χ1) is 14.4. The van der Waals surface area contributed by atoms with Crippen LogP contribution in [0.4, 0.5) is 0 Å². The third-order valence-electron chi connectivity index (χ3n) is 4.01. The lowest BCUT2D eigenvalue weighted by molar-refractivity contribution is 0.301. The highest BCUT2D eigenvalue weighted by Gasteiger charge is 2.13. The van der Waals surface area contributed by atoms with Gasteiger partial charge >= 0.3 is 0 Å². The molecular weight excluding hydrogens is 402 g/mol. The van der Waals surface area contributed by atoms with Crippen LogP contribution in [-0.4, -0.2) is 48.7 Å². The van der Waals surface area contributed by atoms with Crippen molar-refractivity contribution in [1.82, 2.24) is 15.1 Å². The average molecular weight is 432 g/mol. The topological polar surface area (TPSA) is 93.5 Å². The summed E-state index contributed by atoms with van der Waals surface area (Å²) in [6.07, 6.45) is 5.14. The number of nitrogens with zero attached hydrogens (tertiary/aromatic N) is 2. The van der Waals surface area contributed by atoms with Gasteiger partial charge in [0, 0.05) is 12.7 Å². The summed E-state index contributed by atoms with van der Waals surface area (Å²) in [5.41, 5.74) is 3.15. The largest absolute Gasteiger partial charge is 0.475 e. The molecule has 1 heterocycles. The van der Waals surface area contributed by atoms with Crippen LogP contribution in [0, 0.1) is 0 Å². The van der Waals surface area contributed by atoms with Crippen LogP contribution >= 0.6 is 0 Å². The van der Waals surface area contributed by atoms with Gasteiger partial charge in [0.05, 0.1) is 17.5 Å². The molecule has 1 aromatic heterocycles. The van der Waals surface area contributed by atoms with Gasteiger partial charge in [0.2, 0.25) is 5.88 Å². The minimum atomic E-state index is -3.67. The molecule has 0 aliphatic carbocycles. The third kappa shape index (κ3) is 8.77. The second kappa shape index (κ2) is 12.1. The van der Waals surface area contributed by atoms with Crippen molar-refractivity contribution in [2.75, 3.05) is 26.0 Å². The monoisotopic (exact) mass is 431 g/mol. The highest BCUT2D eigenvalue weighted by Crippen LogP contribution is 2.29. The van der Waals surface area contributed by atoms with Crippen molar-refractivity contribution in [2.45, 2.75) is 19.8 Å². The Morgan fingerprint density at radius 1 is 1.03 bits per heavy atom. The SMILES string of the molecule is CCCCNCCOc1nn(-c2ccccc2)cc1-c1ccccc1.CS(=O)(=O)O. The van der Waals surface area contributed by atoms with Gasteiger partial charge in [0.25, 0.3) is 10.1 Å². The first kappa shape index (κ1) is 23.6. The maximum Gasteiger partial charge on any atom is 0.261 e. The lowest BCUT2D eigenvalue weighted by atomic mass is 10.1. The Kier molecular flexibility index (Phi) is 9.53. The molecule has 0 aliphatic rings. The highest BCUT2D eigenvalue weighted by molar-refractivity contribution is 7.85. The number of hydrogen-bond donors (Lipinski definition) is 2. The smallest absolute Gasteiger partial charge is 0.261 e. The molecule has 2 N–H and O–H groups in total. The minimum absolute atomic E-state index is 0.606. The molecular formula is C22H29N3O4S. The van der Waals surface area contributed by atoms with Crippen LogP contribution in [0.3, 0.4) is 0 Å². The predicted octanol–water partition coefficient (Wildman–Crippen LogP) is 3.81. The van der Waals surface area contributed by atoms with Gasteiger partial charge in [-0.1, -0.05) is 61.9 Å². The second-order valence-electron chi connectivity index (χ2n) is 6.68. The second-order valence-corrected chi connectivity index (χ2v) is 8.15. The number of ether oxygens (including phenoxy) is 1. The summed E-state index contributed by atoms with van der Waals surface area (Å²) >= 11 is 0. The van der Waals surface area contributed by atoms with E-state index in [2.05, 4.69) is 29.5 Å². The van der Waals surface area contributed by atoms with Crippen molar-refractivity contribution in [3.8, 4) is 22.7 Å². The van der Waals surface area contributed by atoms with Crippen LogP contribution in [0.1, 0.15) is 19.8 Å². The van der Waals surface area contributed by atoms with Crippen molar-refractivity contribution in [3.63, 3.8) is 0 Å². The molecule has 0 aliphatic heterocycles. The van der Waals surface area contributed by atoms with E-state index in [9.17, 15) is 8.42 Å². The van der Waals surface area contributed by atoms with Crippen molar-refractivity contribution in [1.29, 1.82) is 0 Å². The minimum Gasteiger partial charge on any atom is -0.475 e. The average Bonchev–Trinajstić information content (AvgIpc) is 3.15. The lowest BCUT2D eigenvalue weighted by Crippen LogP contribution is -2.22. The van der Waals surface area contributed by atoms with Gasteiger partial charge in [0.1, 0.15) is 6.61 Å². The Bertz CT molecular complexity index is 966. The molecule has 2 aromatic carbocycles. The summed E-state index contributed by atoms with van der Waals surface area (Å²) in [5.74, 6) is 0.673. The molecule has 0 bridgehead atoms. The fraction of sp³-hybridized carbons (Fsp3) is 0.318. The number of rotatable bonds is 9. The molecule has 3 aromatic rings. The summed E-state index contributed by atoms with van der Waals surface area (Å²) in [5, 5.41) is 8.05. The van der Waals surface area contributed by atoms with Gasteiger partial charge in [-0.15, -0.1) is 5.10 Å². The van der Waals surface area contributed by atoms with Crippen molar-refractivity contribution >= 4 is 10.1 Å². The Labute approximate surface area is 178 Å². The van der Waals surface area contributed by atoms with Crippen LogP contribution < -0.4 is 10.1 Å². The molecule has 3 rings (SSSR count). The van der Waals surface area contributed by atoms with E-state index in [1.54, 1.807) is 0 Å². The molecule has 7 nitrogen and oxygen atoms in total. The fourth-order valence-electron chi connectivity index (χ4n) is 2.64. The molecule has 30 heavy (non-hydrogen) atoms. The first-order valence-corrected chi connectivity index (χ1v) is 11.7. The van der Waals surface area contributed by atoms with Crippen LogP contribution in [0.5, 0.6) is 5.88 Å². The van der Waals surface area contributed by atoms with Gasteiger partial charge < -0.3 is 10.1 Å². The number of para-hydroxylation sites is 1. The number of aromatic nitrogens is 2. The summed E-state index contributed by atoms with van der Waals surface area (Å²) in [4.78, 5) is 0. The molecule has 0 saturated carbocycles. The lowest BCUT2D eigenvalue weighted by Gasteiger charge is -2.07. The molecule has 0 amide bonds. The summed E-state index contributed by atoms with van der Waals surface area (Å²) in [7, 11) is -3.67. The maximum atomic E-state index is 9.19. The third-order valence-corrected chi connectivity index (χ3v) is 4.01. The van der Waals surface area contributed by atoms with E-state index in [1.165, 1.54) is 12.8 Å². The van der Waals surface area contributed by atoms with E-state index in [4.69, 9.17) is 9.29 Å². The molecule has 0 spiro atoms. The molecule has 8 heteroatoms. The number of nitrogens with one attached hydrogen (secondary N) is 1. The van der Waals surface area contributed by atoms with Crippen molar-refractivity contribution in [3.05, 3.63) is 66.9 Å². The van der Waals surface area contributed by atoms with E-state index in [0.29, 0.717) is 18.7 Å². The first-order valence-electron chi connectivity index (χ1n) is 9.85. The number of benzene rings is 2. The Balaban J connectivity index is 0.000000575. The zero-order valence-electron chi connectivity index (χ0n) is 17.4. The summed E-state index contributed by atoms with van der Waals surface area (Å²) in [6, 6.07) is 20.4. The molecule has 0 saturated heterocycles. The van der Waals surface area contributed by atoms with Gasteiger partial charge in [-0.25, -0.2) is 4.68 Å². The Hall–Kier alpha value is -2.68. The van der Waals surface area contributed by atoms with Gasteiger partial charge in [-0.05, 0) is 30.7 Å². The molecule has 0 radical (unpaired) electrons. The zero-order valence-corrected chi connectivity index (χ0v) is 18.2. The van der Waals surface area contributed by atoms with E-state index in [1.807, 2.05) is 59.4 Å². The van der Waals surface area contributed by atoms with E-state index in [0.717, 1.165) is 29.9 Å². The van der Waals surface area contributed by atoms with E-state index < -0.39 is 10.1 Å². The quantitative estimate of drug-likeness (QED) is 0.395. The number of unbranched alkanes of at least 4 members (excludes halogenated alkanes) is 1. The normalized spacial score (nSPS) is 10.9. The van der Waals surface area contributed by atoms with Crippen molar-refractivity contribution in [2.24, 2.45) is 0 Å². The van der Waals surface area contributed by atoms with E-state index in [-0.39, 0.29) is 0 Å². The Morgan fingerprint density at radius 2 is 1.63 bits per heavy atom. The van der Waals surface area contributed by atoms with Crippen LogP contribution in [0.15, 0.2) is 66.9 Å². The standard InChI is InChI=1S/C21H25N3O.CH4O3S/c1-2-3-14-22-15-16-25-21-20(18-10-6-4-7-11-18)17-24(23-21)19-12-8-5-9-13-19;1-5(2,3)4/h4-13,17,22H,2-3,14-16H2,1H3;1H3,(H,2,3,4). The fourth-order valence-corrected chi connectivity index (χ4v) is 2.64. The summed E-state index contributed by atoms with van der Waals surface area (Å²) in [6.45, 7) is 4.66. The molecule has 0 fully saturated rings. The van der Waals surface area contributed by atoms with Crippen LogP contribution in [0.2, 0.25) is 0 Å². The Morgan fingerprint density at radius 3 is 2.23 bits per heavy atom.